The minimum Gasteiger partial charge on any atom is -0.396 e. The number of nitrogens with zero attached hydrogens (tertiary/aromatic N) is 1. The number of benzene rings is 1. The van der Waals surface area contributed by atoms with Gasteiger partial charge in [-0.15, -0.1) is 0 Å². The van der Waals surface area contributed by atoms with E-state index < -0.39 is 0 Å². The lowest BCUT2D eigenvalue weighted by molar-refractivity contribution is -0.125. The van der Waals surface area contributed by atoms with Crippen molar-refractivity contribution in [3.63, 3.8) is 0 Å². The third-order valence-electron chi connectivity index (χ3n) is 3.95. The van der Waals surface area contributed by atoms with Gasteiger partial charge in [0, 0.05) is 42.7 Å². The van der Waals surface area contributed by atoms with Crippen LogP contribution >= 0.6 is 15.9 Å². The average molecular weight is 355 g/mol. The maximum atomic E-state index is 12.5. The van der Waals surface area contributed by atoms with E-state index in [1.807, 2.05) is 19.1 Å². The van der Waals surface area contributed by atoms with Crippen molar-refractivity contribution in [3.05, 3.63) is 33.8 Å². The predicted octanol–water partition coefficient (Wildman–Crippen LogP) is 1.18. The molecule has 5 nitrogen and oxygen atoms in total. The highest BCUT2D eigenvalue weighted by Crippen LogP contribution is 2.26. The van der Waals surface area contributed by atoms with Crippen LogP contribution in [0.25, 0.3) is 0 Å². The molecule has 1 aliphatic rings. The van der Waals surface area contributed by atoms with E-state index in [2.05, 4.69) is 21.2 Å². The Morgan fingerprint density at radius 3 is 2.71 bits per heavy atom. The third kappa shape index (κ3) is 3.27. The van der Waals surface area contributed by atoms with Crippen molar-refractivity contribution in [2.75, 3.05) is 26.7 Å². The third-order valence-corrected chi connectivity index (χ3v) is 4.84. The van der Waals surface area contributed by atoms with Crippen LogP contribution in [0.3, 0.4) is 0 Å². The number of nitrogens with one attached hydrogen (secondary N) is 1. The van der Waals surface area contributed by atoms with Gasteiger partial charge in [-0.3, -0.25) is 9.59 Å². The first-order valence-corrected chi connectivity index (χ1v) is 7.65. The average Bonchev–Trinajstić information content (AvgIpc) is 2.92. The topological polar surface area (TPSA) is 69.6 Å². The number of rotatable bonds is 3. The molecule has 0 radical (unpaired) electrons. The molecule has 0 aliphatic carbocycles. The molecule has 2 rings (SSSR count). The molecule has 2 N–H and O–H groups in total. The van der Waals surface area contributed by atoms with Gasteiger partial charge >= 0.3 is 0 Å². The molecule has 1 saturated heterocycles. The number of carbonyl (C=O) groups excluding carboxylic acids is 2. The van der Waals surface area contributed by atoms with E-state index in [0.29, 0.717) is 18.7 Å². The summed E-state index contributed by atoms with van der Waals surface area (Å²) in [5, 5.41) is 12.0. The number of halogens is 1. The van der Waals surface area contributed by atoms with E-state index in [4.69, 9.17) is 0 Å². The molecule has 2 amide bonds. The number of carbonyl (C=O) groups is 2. The van der Waals surface area contributed by atoms with E-state index in [-0.39, 0.29) is 30.3 Å². The van der Waals surface area contributed by atoms with Gasteiger partial charge in [0.25, 0.3) is 5.91 Å². The van der Waals surface area contributed by atoms with Crippen LogP contribution in [0.2, 0.25) is 0 Å². The fraction of sp³-hybridized carbons (Fsp3) is 0.467. The first kappa shape index (κ1) is 16.0. The Hall–Kier alpha value is -1.40. The molecule has 0 unspecified atom stereocenters. The van der Waals surface area contributed by atoms with Crippen molar-refractivity contribution < 1.29 is 14.7 Å². The molecule has 0 spiro atoms. The molecule has 0 bridgehead atoms. The summed E-state index contributed by atoms with van der Waals surface area (Å²) in [5.41, 5.74) is 1.59. The van der Waals surface area contributed by atoms with Gasteiger partial charge in [-0.2, -0.15) is 0 Å². The van der Waals surface area contributed by atoms with E-state index in [0.717, 1.165) is 10.0 Å². The maximum absolute atomic E-state index is 12.5. The number of likely N-dealkylation sites (tertiary alicyclic amines) is 1. The summed E-state index contributed by atoms with van der Waals surface area (Å²) in [5.74, 6) is -0.780. The fourth-order valence-electron chi connectivity index (χ4n) is 2.66. The number of aryl methyl sites for hydroxylation is 1. The SMILES string of the molecule is CNC(=O)[C@@H]1CN(C(=O)c2ccc(Br)c(C)c2)C[C@H]1CO. The van der Waals surface area contributed by atoms with Crippen LogP contribution in [0.4, 0.5) is 0 Å². The summed E-state index contributed by atoms with van der Waals surface area (Å²) in [7, 11) is 1.57. The Morgan fingerprint density at radius 2 is 2.14 bits per heavy atom. The van der Waals surface area contributed by atoms with Gasteiger partial charge in [-0.1, -0.05) is 15.9 Å². The predicted molar refractivity (Wildman–Crippen MR) is 82.9 cm³/mol. The second-order valence-corrected chi connectivity index (χ2v) is 6.19. The van der Waals surface area contributed by atoms with Crippen molar-refractivity contribution >= 4 is 27.7 Å². The van der Waals surface area contributed by atoms with E-state index in [1.165, 1.54) is 0 Å². The Kier molecular flexibility index (Phi) is 5.00. The summed E-state index contributed by atoms with van der Waals surface area (Å²) in [6.45, 7) is 2.58. The van der Waals surface area contributed by atoms with E-state index in [9.17, 15) is 14.7 Å². The molecule has 0 saturated carbocycles. The zero-order valence-corrected chi connectivity index (χ0v) is 13.7. The first-order valence-electron chi connectivity index (χ1n) is 6.85. The lowest BCUT2D eigenvalue weighted by atomic mass is 9.96. The van der Waals surface area contributed by atoms with Crippen LogP contribution in [0.5, 0.6) is 0 Å². The van der Waals surface area contributed by atoms with Gasteiger partial charge in [0.05, 0.1) is 5.92 Å². The van der Waals surface area contributed by atoms with Crippen LogP contribution in [-0.2, 0) is 4.79 Å². The van der Waals surface area contributed by atoms with Crippen molar-refractivity contribution in [1.29, 1.82) is 0 Å². The number of aliphatic hydroxyl groups is 1. The van der Waals surface area contributed by atoms with Crippen LogP contribution in [0.15, 0.2) is 22.7 Å². The molecular weight excluding hydrogens is 336 g/mol. The smallest absolute Gasteiger partial charge is 0.253 e. The largest absolute Gasteiger partial charge is 0.396 e. The monoisotopic (exact) mass is 354 g/mol. The molecule has 114 valence electrons. The minimum atomic E-state index is -0.347. The number of hydrogen-bond acceptors (Lipinski definition) is 3. The summed E-state index contributed by atoms with van der Waals surface area (Å²) in [6, 6.07) is 5.44. The summed E-state index contributed by atoms with van der Waals surface area (Å²) < 4.78 is 0.956. The number of hydrogen-bond donors (Lipinski definition) is 2. The molecule has 6 heteroatoms. The van der Waals surface area contributed by atoms with Crippen LogP contribution in [-0.4, -0.2) is 48.6 Å². The molecule has 1 aliphatic heterocycles. The lowest BCUT2D eigenvalue weighted by Crippen LogP contribution is -2.34. The molecule has 1 fully saturated rings. The number of aliphatic hydroxyl groups excluding tert-OH is 1. The Morgan fingerprint density at radius 1 is 1.43 bits per heavy atom. The van der Waals surface area contributed by atoms with Crippen LogP contribution < -0.4 is 5.32 Å². The van der Waals surface area contributed by atoms with Gasteiger partial charge in [-0.25, -0.2) is 0 Å². The number of amides is 2. The van der Waals surface area contributed by atoms with Crippen molar-refractivity contribution in [1.82, 2.24) is 10.2 Å². The normalized spacial score (nSPS) is 21.4. The van der Waals surface area contributed by atoms with Crippen LogP contribution in [0.1, 0.15) is 15.9 Å². The Labute approximate surface area is 132 Å². The molecule has 21 heavy (non-hydrogen) atoms. The lowest BCUT2D eigenvalue weighted by Gasteiger charge is -2.16. The molecular formula is C15H19BrN2O3. The van der Waals surface area contributed by atoms with E-state index in [1.54, 1.807) is 18.0 Å². The van der Waals surface area contributed by atoms with Gasteiger partial charge in [0.15, 0.2) is 0 Å². The van der Waals surface area contributed by atoms with E-state index >= 15 is 0 Å². The maximum Gasteiger partial charge on any atom is 0.253 e. The zero-order valence-electron chi connectivity index (χ0n) is 12.1. The second-order valence-electron chi connectivity index (χ2n) is 5.34. The van der Waals surface area contributed by atoms with Crippen molar-refractivity contribution in [2.45, 2.75) is 6.92 Å². The van der Waals surface area contributed by atoms with Gasteiger partial charge in [0.2, 0.25) is 5.91 Å². The highest BCUT2D eigenvalue weighted by molar-refractivity contribution is 9.10. The molecule has 1 heterocycles. The van der Waals surface area contributed by atoms with Crippen molar-refractivity contribution in [2.24, 2.45) is 11.8 Å². The molecule has 2 atom stereocenters. The first-order chi connectivity index (χ1) is 9.97. The molecule has 1 aromatic carbocycles. The van der Waals surface area contributed by atoms with Gasteiger partial charge < -0.3 is 15.3 Å². The highest BCUT2D eigenvalue weighted by Gasteiger charge is 2.38. The summed E-state index contributed by atoms with van der Waals surface area (Å²) in [6.07, 6.45) is 0. The Bertz CT molecular complexity index is 562. The van der Waals surface area contributed by atoms with Crippen LogP contribution in [0, 0.1) is 18.8 Å². The van der Waals surface area contributed by atoms with Gasteiger partial charge in [-0.05, 0) is 30.7 Å². The fourth-order valence-corrected chi connectivity index (χ4v) is 2.91. The summed E-state index contributed by atoms with van der Waals surface area (Å²) in [4.78, 5) is 26.0. The standard InChI is InChI=1S/C15H19BrN2O3/c1-9-5-10(3-4-13(9)16)15(21)18-6-11(8-19)12(7-18)14(20)17-2/h3-5,11-12,19H,6-8H2,1-2H3,(H,17,20)/t11-,12+/m0/s1. The quantitative estimate of drug-likeness (QED) is 0.856. The Balaban J connectivity index is 2.17. The zero-order chi connectivity index (χ0) is 15.6. The summed E-state index contributed by atoms with van der Waals surface area (Å²) >= 11 is 3.41. The second kappa shape index (κ2) is 6.58. The molecule has 0 aromatic heterocycles. The molecule has 1 aromatic rings. The van der Waals surface area contributed by atoms with Crippen molar-refractivity contribution in [3.8, 4) is 0 Å². The minimum absolute atomic E-state index is 0.0960. The van der Waals surface area contributed by atoms with Gasteiger partial charge in [0.1, 0.15) is 0 Å². The highest BCUT2D eigenvalue weighted by atomic mass is 79.9.